The van der Waals surface area contributed by atoms with Crippen LogP contribution in [0.25, 0.3) is 0 Å². The molecular weight excluding hydrogens is 364 g/mol. The molecule has 0 bridgehead atoms. The Morgan fingerprint density at radius 3 is 2.84 bits per heavy atom. The SMILES string of the molecule is CN=C(NCCS(=O)(=O)N1CCSCC1)NC(C)COC1CCOC1. The van der Waals surface area contributed by atoms with Crippen LogP contribution in [0, 0.1) is 0 Å². The van der Waals surface area contributed by atoms with E-state index in [0.29, 0.717) is 38.8 Å². The second-order valence-electron chi connectivity index (χ2n) is 6.19. The highest BCUT2D eigenvalue weighted by Crippen LogP contribution is 2.13. The molecule has 0 aromatic carbocycles. The Labute approximate surface area is 155 Å². The normalized spacial score (nSPS) is 24.2. The third-order valence-electron chi connectivity index (χ3n) is 4.09. The number of thioether (sulfide) groups is 1. The van der Waals surface area contributed by atoms with Gasteiger partial charge in [0.05, 0.1) is 25.1 Å². The van der Waals surface area contributed by atoms with Crippen LogP contribution < -0.4 is 10.6 Å². The van der Waals surface area contributed by atoms with Crippen molar-refractivity contribution in [2.45, 2.75) is 25.5 Å². The van der Waals surface area contributed by atoms with Gasteiger partial charge in [-0.1, -0.05) is 0 Å². The number of nitrogens with zero attached hydrogens (tertiary/aromatic N) is 2. The molecular formula is C15H30N4O4S2. The fourth-order valence-corrected chi connectivity index (χ4v) is 5.14. The molecule has 0 amide bonds. The average Bonchev–Trinajstić information content (AvgIpc) is 3.13. The van der Waals surface area contributed by atoms with Crippen LogP contribution in [0.2, 0.25) is 0 Å². The Balaban J connectivity index is 1.66. The molecule has 25 heavy (non-hydrogen) atoms. The number of sulfonamides is 1. The van der Waals surface area contributed by atoms with E-state index in [1.165, 1.54) is 0 Å². The summed E-state index contributed by atoms with van der Waals surface area (Å²) in [6.45, 7) is 5.53. The predicted molar refractivity (Wildman–Crippen MR) is 102 cm³/mol. The number of rotatable bonds is 8. The van der Waals surface area contributed by atoms with Gasteiger partial charge < -0.3 is 20.1 Å². The maximum absolute atomic E-state index is 12.3. The van der Waals surface area contributed by atoms with E-state index in [9.17, 15) is 8.42 Å². The summed E-state index contributed by atoms with van der Waals surface area (Å²) in [5, 5.41) is 6.29. The highest BCUT2D eigenvalue weighted by molar-refractivity contribution is 7.99. The maximum atomic E-state index is 12.3. The van der Waals surface area contributed by atoms with E-state index in [1.807, 2.05) is 6.92 Å². The van der Waals surface area contributed by atoms with E-state index in [-0.39, 0.29) is 17.9 Å². The predicted octanol–water partition coefficient (Wildman–Crippen LogP) is -0.276. The number of hydrogen-bond donors (Lipinski definition) is 2. The van der Waals surface area contributed by atoms with Gasteiger partial charge >= 0.3 is 0 Å². The molecule has 0 aromatic rings. The van der Waals surface area contributed by atoms with Gasteiger partial charge in [-0.15, -0.1) is 0 Å². The minimum atomic E-state index is -3.20. The first-order valence-corrected chi connectivity index (χ1v) is 11.5. The van der Waals surface area contributed by atoms with Crippen molar-refractivity contribution in [3.05, 3.63) is 0 Å². The van der Waals surface area contributed by atoms with Crippen LogP contribution in [0.4, 0.5) is 0 Å². The molecule has 10 heteroatoms. The summed E-state index contributed by atoms with van der Waals surface area (Å²) < 4.78 is 37.3. The van der Waals surface area contributed by atoms with Gasteiger partial charge in [0, 0.05) is 50.8 Å². The average molecular weight is 395 g/mol. The summed E-state index contributed by atoms with van der Waals surface area (Å²) >= 11 is 1.80. The summed E-state index contributed by atoms with van der Waals surface area (Å²) in [5.74, 6) is 2.41. The molecule has 0 saturated carbocycles. The molecule has 0 spiro atoms. The maximum Gasteiger partial charge on any atom is 0.215 e. The molecule has 146 valence electrons. The molecule has 0 aliphatic carbocycles. The van der Waals surface area contributed by atoms with Gasteiger partial charge in [0.1, 0.15) is 0 Å². The molecule has 2 unspecified atom stereocenters. The lowest BCUT2D eigenvalue weighted by Crippen LogP contribution is -2.47. The summed E-state index contributed by atoms with van der Waals surface area (Å²) in [6.07, 6.45) is 1.11. The fourth-order valence-electron chi connectivity index (χ4n) is 2.65. The first-order valence-electron chi connectivity index (χ1n) is 8.73. The van der Waals surface area contributed by atoms with Crippen LogP contribution in [0.3, 0.4) is 0 Å². The van der Waals surface area contributed by atoms with E-state index in [2.05, 4.69) is 15.6 Å². The van der Waals surface area contributed by atoms with Crippen molar-refractivity contribution in [3.63, 3.8) is 0 Å². The first-order chi connectivity index (χ1) is 12.0. The van der Waals surface area contributed by atoms with E-state index in [4.69, 9.17) is 9.47 Å². The minimum absolute atomic E-state index is 0.0718. The van der Waals surface area contributed by atoms with Crippen molar-refractivity contribution in [3.8, 4) is 0 Å². The Kier molecular flexibility index (Phi) is 8.77. The second-order valence-corrected chi connectivity index (χ2v) is 9.50. The van der Waals surface area contributed by atoms with Crippen LogP contribution >= 0.6 is 11.8 Å². The van der Waals surface area contributed by atoms with Crippen LogP contribution in [0.15, 0.2) is 4.99 Å². The summed E-state index contributed by atoms with van der Waals surface area (Å²) in [4.78, 5) is 4.14. The van der Waals surface area contributed by atoms with Gasteiger partial charge in [-0.05, 0) is 13.3 Å². The Morgan fingerprint density at radius 1 is 1.44 bits per heavy atom. The smallest absolute Gasteiger partial charge is 0.215 e. The zero-order chi connectivity index (χ0) is 18.1. The molecule has 2 heterocycles. The van der Waals surface area contributed by atoms with Gasteiger partial charge in [0.25, 0.3) is 0 Å². The number of hydrogen-bond acceptors (Lipinski definition) is 6. The van der Waals surface area contributed by atoms with Crippen molar-refractivity contribution in [2.75, 3.05) is 63.8 Å². The van der Waals surface area contributed by atoms with E-state index >= 15 is 0 Å². The lowest BCUT2D eigenvalue weighted by atomic mass is 10.3. The lowest BCUT2D eigenvalue weighted by molar-refractivity contribution is 0.0348. The van der Waals surface area contributed by atoms with Crippen LogP contribution in [-0.4, -0.2) is 94.6 Å². The molecule has 0 aromatic heterocycles. The molecule has 2 aliphatic rings. The molecule has 2 aliphatic heterocycles. The summed E-state index contributed by atoms with van der Waals surface area (Å²) in [5.41, 5.74) is 0. The van der Waals surface area contributed by atoms with Crippen LogP contribution in [0.1, 0.15) is 13.3 Å². The number of nitrogens with one attached hydrogen (secondary N) is 2. The van der Waals surface area contributed by atoms with E-state index < -0.39 is 10.0 Å². The summed E-state index contributed by atoms with van der Waals surface area (Å²) in [7, 11) is -1.53. The lowest BCUT2D eigenvalue weighted by Gasteiger charge is -2.26. The highest BCUT2D eigenvalue weighted by Gasteiger charge is 2.23. The monoisotopic (exact) mass is 394 g/mol. The van der Waals surface area contributed by atoms with Crippen LogP contribution in [-0.2, 0) is 19.5 Å². The Morgan fingerprint density at radius 2 is 2.20 bits per heavy atom. The van der Waals surface area contributed by atoms with Crippen molar-refractivity contribution < 1.29 is 17.9 Å². The topological polar surface area (TPSA) is 92.3 Å². The molecule has 2 fully saturated rings. The number of ether oxygens (including phenoxy) is 2. The van der Waals surface area contributed by atoms with E-state index in [0.717, 1.165) is 24.5 Å². The summed E-state index contributed by atoms with van der Waals surface area (Å²) in [6, 6.07) is 0.0718. The number of aliphatic imine (C=N–C) groups is 1. The molecule has 2 atom stereocenters. The third kappa shape index (κ3) is 7.30. The van der Waals surface area contributed by atoms with Gasteiger partial charge in [-0.3, -0.25) is 4.99 Å². The van der Waals surface area contributed by atoms with Crippen molar-refractivity contribution in [1.82, 2.24) is 14.9 Å². The molecule has 8 nitrogen and oxygen atoms in total. The third-order valence-corrected chi connectivity index (χ3v) is 6.91. The van der Waals surface area contributed by atoms with E-state index in [1.54, 1.807) is 23.1 Å². The van der Waals surface area contributed by atoms with Crippen molar-refractivity contribution in [2.24, 2.45) is 4.99 Å². The molecule has 2 N–H and O–H groups in total. The van der Waals surface area contributed by atoms with Crippen LogP contribution in [0.5, 0.6) is 0 Å². The molecule has 2 saturated heterocycles. The zero-order valence-electron chi connectivity index (χ0n) is 15.1. The van der Waals surface area contributed by atoms with Gasteiger partial charge in [-0.2, -0.15) is 11.8 Å². The second kappa shape index (κ2) is 10.6. The molecule has 2 rings (SSSR count). The minimum Gasteiger partial charge on any atom is -0.379 e. The quantitative estimate of drug-likeness (QED) is 0.432. The van der Waals surface area contributed by atoms with Crippen molar-refractivity contribution in [1.29, 1.82) is 0 Å². The zero-order valence-corrected chi connectivity index (χ0v) is 16.7. The molecule has 0 radical (unpaired) electrons. The van der Waals surface area contributed by atoms with Gasteiger partial charge in [-0.25, -0.2) is 12.7 Å². The fraction of sp³-hybridized carbons (Fsp3) is 0.933. The van der Waals surface area contributed by atoms with Gasteiger partial charge in [0.15, 0.2) is 5.96 Å². The van der Waals surface area contributed by atoms with Gasteiger partial charge in [0.2, 0.25) is 10.0 Å². The Bertz CT molecular complexity index is 518. The largest absolute Gasteiger partial charge is 0.379 e. The number of guanidine groups is 1. The van der Waals surface area contributed by atoms with Crippen molar-refractivity contribution >= 4 is 27.7 Å². The standard InChI is InChI=1S/C15H30N4O4S2/c1-13(11-23-14-3-7-22-12-14)18-15(16-2)17-4-10-25(20,21)19-5-8-24-9-6-19/h13-14H,3-12H2,1-2H3,(H2,16,17,18). The highest BCUT2D eigenvalue weighted by atomic mass is 32.2. The first kappa shape index (κ1) is 20.8. The Hall–Kier alpha value is -0.550.